The summed E-state index contributed by atoms with van der Waals surface area (Å²) in [5.74, 6) is 0.770. The van der Waals surface area contributed by atoms with Crippen molar-refractivity contribution in [3.8, 4) is 11.5 Å². The van der Waals surface area contributed by atoms with Crippen LogP contribution in [0.2, 0.25) is 10.0 Å². The zero-order valence-electron chi connectivity index (χ0n) is 23.8. The Labute approximate surface area is 284 Å². The summed E-state index contributed by atoms with van der Waals surface area (Å²) >= 11 is 20.8. The number of aromatic nitrogens is 1. The van der Waals surface area contributed by atoms with Crippen molar-refractivity contribution in [2.75, 3.05) is 13.2 Å². The van der Waals surface area contributed by atoms with Crippen LogP contribution < -0.4 is 24.4 Å². The Balaban J connectivity index is 1.54. The van der Waals surface area contributed by atoms with Crippen LogP contribution in [-0.2, 0) is 16.1 Å². The molecule has 0 unspecified atom stereocenters. The lowest BCUT2D eigenvalue weighted by Crippen LogP contribution is -2.39. The van der Waals surface area contributed by atoms with Crippen LogP contribution in [0.1, 0.15) is 43.5 Å². The minimum Gasteiger partial charge on any atom is -0.494 e. The van der Waals surface area contributed by atoms with Crippen molar-refractivity contribution in [3.05, 3.63) is 121 Å². The monoisotopic (exact) mass is 778 g/mol. The van der Waals surface area contributed by atoms with Crippen LogP contribution in [0.25, 0.3) is 6.08 Å². The molecule has 0 aliphatic carbocycles. The molecule has 0 fully saturated rings. The summed E-state index contributed by atoms with van der Waals surface area (Å²) in [5.41, 5.74) is 2.84. The second kappa shape index (κ2) is 14.0. The molecule has 1 aliphatic rings. The van der Waals surface area contributed by atoms with E-state index in [0.29, 0.717) is 57.7 Å². The molecule has 0 bridgehead atoms. The molecule has 0 saturated heterocycles. The highest BCUT2D eigenvalue weighted by molar-refractivity contribution is 9.11. The highest BCUT2D eigenvalue weighted by Gasteiger charge is 2.33. The minimum absolute atomic E-state index is 0.201. The van der Waals surface area contributed by atoms with E-state index in [1.807, 2.05) is 49.4 Å². The van der Waals surface area contributed by atoms with E-state index in [1.165, 1.54) is 11.3 Å². The number of carbonyl (C=O) groups is 1. The van der Waals surface area contributed by atoms with Gasteiger partial charge in [0.2, 0.25) is 0 Å². The average Bonchev–Trinajstić information content (AvgIpc) is 3.27. The van der Waals surface area contributed by atoms with Crippen LogP contribution in [0.3, 0.4) is 0 Å². The fourth-order valence-corrected chi connectivity index (χ4v) is 7.72. The zero-order chi connectivity index (χ0) is 31.5. The van der Waals surface area contributed by atoms with Gasteiger partial charge in [-0.15, -0.1) is 0 Å². The normalized spacial score (nSPS) is 14.7. The summed E-state index contributed by atoms with van der Waals surface area (Å²) in [6.45, 7) is 6.37. The maximum absolute atomic E-state index is 14.0. The van der Waals surface area contributed by atoms with Crippen LogP contribution in [0.4, 0.5) is 0 Å². The van der Waals surface area contributed by atoms with Gasteiger partial charge in [-0.3, -0.25) is 9.36 Å². The highest BCUT2D eigenvalue weighted by Crippen LogP contribution is 2.36. The molecular weight excluding hydrogens is 755 g/mol. The van der Waals surface area contributed by atoms with Crippen molar-refractivity contribution in [2.45, 2.75) is 33.4 Å². The Kier molecular flexibility index (Phi) is 10.4. The van der Waals surface area contributed by atoms with E-state index in [9.17, 15) is 9.59 Å². The van der Waals surface area contributed by atoms with E-state index in [1.54, 1.807) is 36.6 Å². The molecule has 1 aromatic heterocycles. The number of benzene rings is 3. The van der Waals surface area contributed by atoms with E-state index >= 15 is 0 Å². The molecule has 12 heteroatoms. The largest absolute Gasteiger partial charge is 0.494 e. The summed E-state index contributed by atoms with van der Waals surface area (Å²) in [7, 11) is 0. The molecule has 5 rings (SSSR count). The Morgan fingerprint density at radius 2 is 1.73 bits per heavy atom. The predicted octanol–water partition coefficient (Wildman–Crippen LogP) is 7.61. The fraction of sp³-hybridized carbons (Fsp3) is 0.219. The number of fused-ring (bicyclic) bond motifs is 1. The van der Waals surface area contributed by atoms with Crippen LogP contribution in [0, 0.1) is 0 Å². The van der Waals surface area contributed by atoms with Crippen LogP contribution in [-0.4, -0.2) is 23.8 Å². The molecule has 7 nitrogen and oxygen atoms in total. The van der Waals surface area contributed by atoms with Gasteiger partial charge in [0.05, 0.1) is 44.0 Å². The van der Waals surface area contributed by atoms with Crippen molar-refractivity contribution in [3.63, 3.8) is 0 Å². The van der Waals surface area contributed by atoms with Crippen molar-refractivity contribution in [2.24, 2.45) is 4.99 Å². The molecule has 0 spiro atoms. The smallest absolute Gasteiger partial charge is 0.338 e. The molecule has 1 aliphatic heterocycles. The number of ether oxygens (including phenoxy) is 3. The molecule has 0 saturated carbocycles. The minimum atomic E-state index is -0.711. The number of allylic oxidation sites excluding steroid dienone is 1. The van der Waals surface area contributed by atoms with Gasteiger partial charge in [0.1, 0.15) is 18.1 Å². The molecule has 0 N–H and O–H groups in total. The summed E-state index contributed by atoms with van der Waals surface area (Å²) in [4.78, 5) is 32.3. The number of rotatable bonds is 9. The first kappa shape index (κ1) is 32.5. The molecular formula is C32H26Br2Cl2N2O5S. The number of thiazole rings is 1. The first-order valence-corrected chi connectivity index (χ1v) is 16.7. The van der Waals surface area contributed by atoms with Crippen molar-refractivity contribution in [1.82, 2.24) is 4.57 Å². The zero-order valence-corrected chi connectivity index (χ0v) is 29.3. The summed E-state index contributed by atoms with van der Waals surface area (Å²) in [6.07, 6.45) is 1.79. The first-order chi connectivity index (χ1) is 21.1. The lowest BCUT2D eigenvalue weighted by atomic mass is 9.96. The molecule has 4 aromatic rings. The van der Waals surface area contributed by atoms with Gasteiger partial charge in [-0.25, -0.2) is 9.79 Å². The van der Waals surface area contributed by atoms with Crippen molar-refractivity contribution < 1.29 is 19.0 Å². The Hall–Kier alpha value is -2.89. The molecule has 0 amide bonds. The third-order valence-electron chi connectivity index (χ3n) is 6.73. The Morgan fingerprint density at radius 1 is 1.02 bits per heavy atom. The molecule has 44 heavy (non-hydrogen) atoms. The number of hydrogen-bond donors (Lipinski definition) is 0. The highest BCUT2D eigenvalue weighted by atomic mass is 79.9. The first-order valence-electron chi connectivity index (χ1n) is 13.6. The lowest BCUT2D eigenvalue weighted by molar-refractivity contribution is -0.139. The van der Waals surface area contributed by atoms with Gasteiger partial charge in [0.15, 0.2) is 4.80 Å². The quantitative estimate of drug-likeness (QED) is 0.164. The van der Waals surface area contributed by atoms with E-state index < -0.39 is 12.0 Å². The van der Waals surface area contributed by atoms with Crippen LogP contribution in [0.15, 0.2) is 84.6 Å². The number of hydrogen-bond acceptors (Lipinski definition) is 7. The Morgan fingerprint density at radius 3 is 2.36 bits per heavy atom. The third-order valence-corrected chi connectivity index (χ3v) is 9.48. The number of halogens is 4. The van der Waals surface area contributed by atoms with Crippen LogP contribution in [0.5, 0.6) is 11.5 Å². The summed E-state index contributed by atoms with van der Waals surface area (Å²) in [6, 6.07) is 15.6. The predicted molar refractivity (Wildman–Crippen MR) is 181 cm³/mol. The third kappa shape index (κ3) is 6.84. The standard InChI is InChI=1S/C32H26Br2Cl2N2O5S/c1-4-41-22-10-7-19(8-11-22)28-27(31(40)42-5-2)17(3)37-32-38(28)30(39)26(44-32)14-18-12-23(33)29(24(34)13-18)43-16-20-6-9-21(35)15-25(20)36/h6-15,28H,4-5,16H2,1-3H3/b26-14-/t28-/m0/s1. The van der Waals surface area contributed by atoms with E-state index in [-0.39, 0.29) is 18.8 Å². The van der Waals surface area contributed by atoms with Gasteiger partial charge in [-0.05, 0) is 106 Å². The number of nitrogens with zero attached hydrogens (tertiary/aromatic N) is 2. The molecule has 3 aromatic carbocycles. The maximum Gasteiger partial charge on any atom is 0.338 e. The van der Waals surface area contributed by atoms with E-state index in [4.69, 9.17) is 37.4 Å². The maximum atomic E-state index is 14.0. The van der Waals surface area contributed by atoms with Gasteiger partial charge < -0.3 is 14.2 Å². The molecule has 2 heterocycles. The topological polar surface area (TPSA) is 79.1 Å². The second-order valence-corrected chi connectivity index (χ2v) is 13.2. The molecule has 228 valence electrons. The molecule has 0 radical (unpaired) electrons. The Bertz CT molecular complexity index is 1930. The lowest BCUT2D eigenvalue weighted by Gasteiger charge is -2.24. The van der Waals surface area contributed by atoms with Gasteiger partial charge in [0, 0.05) is 15.6 Å². The van der Waals surface area contributed by atoms with Gasteiger partial charge in [-0.1, -0.05) is 52.7 Å². The summed E-state index contributed by atoms with van der Waals surface area (Å²) < 4.78 is 20.4. The number of carbonyl (C=O) groups excluding carboxylic acids is 1. The van der Waals surface area contributed by atoms with Crippen molar-refractivity contribution in [1.29, 1.82) is 0 Å². The number of esters is 1. The van der Waals surface area contributed by atoms with E-state index in [0.717, 1.165) is 16.7 Å². The fourth-order valence-electron chi connectivity index (χ4n) is 4.76. The van der Waals surface area contributed by atoms with Crippen LogP contribution >= 0.6 is 66.4 Å². The van der Waals surface area contributed by atoms with Gasteiger partial charge in [-0.2, -0.15) is 0 Å². The SMILES string of the molecule is CCOC(=O)C1=C(C)N=c2s/c(=C\c3cc(Br)c(OCc4ccc(Cl)cc4Cl)c(Br)c3)c(=O)n2[C@H]1c1ccc(OCC)cc1. The average molecular weight is 781 g/mol. The summed E-state index contributed by atoms with van der Waals surface area (Å²) in [5, 5.41) is 1.07. The van der Waals surface area contributed by atoms with Gasteiger partial charge in [0.25, 0.3) is 5.56 Å². The van der Waals surface area contributed by atoms with Crippen molar-refractivity contribution >= 4 is 78.4 Å². The second-order valence-electron chi connectivity index (χ2n) is 9.64. The molecule has 1 atom stereocenters. The van der Waals surface area contributed by atoms with E-state index in [2.05, 4.69) is 36.9 Å². The van der Waals surface area contributed by atoms with Gasteiger partial charge >= 0.3 is 5.97 Å².